The van der Waals surface area contributed by atoms with Gasteiger partial charge >= 0.3 is 0 Å². The third-order valence-corrected chi connectivity index (χ3v) is 3.62. The predicted octanol–water partition coefficient (Wildman–Crippen LogP) is 3.67. The summed E-state index contributed by atoms with van der Waals surface area (Å²) >= 11 is 3.33. The molecular formula is C15H14BrFO3. The first-order valence-corrected chi connectivity index (χ1v) is 6.78. The molecule has 0 aliphatic heterocycles. The minimum Gasteiger partial charge on any atom is -0.494 e. The van der Waals surface area contributed by atoms with Crippen molar-refractivity contribution in [1.29, 1.82) is 0 Å². The maximum absolute atomic E-state index is 13.9. The molecule has 3 nitrogen and oxygen atoms in total. The number of ether oxygens (including phenoxy) is 2. The van der Waals surface area contributed by atoms with Crippen molar-refractivity contribution in [3.8, 4) is 11.5 Å². The number of aliphatic hydroxyl groups excluding tert-OH is 1. The second kappa shape index (κ2) is 6.72. The zero-order chi connectivity index (χ0) is 14.5. The van der Waals surface area contributed by atoms with Crippen LogP contribution in [0.1, 0.15) is 11.1 Å². The van der Waals surface area contributed by atoms with Crippen molar-refractivity contribution in [2.45, 2.75) is 13.2 Å². The Morgan fingerprint density at radius 1 is 1.20 bits per heavy atom. The summed E-state index contributed by atoms with van der Waals surface area (Å²) in [6, 6.07) is 10.2. The normalized spacial score (nSPS) is 10.4. The highest BCUT2D eigenvalue weighted by molar-refractivity contribution is 9.10. The maximum atomic E-state index is 13.9. The fourth-order valence-corrected chi connectivity index (χ4v) is 2.12. The molecule has 1 N–H and O–H groups in total. The fraction of sp³-hybridized carbons (Fsp3) is 0.200. The van der Waals surface area contributed by atoms with Gasteiger partial charge in [0.25, 0.3) is 0 Å². The smallest absolute Gasteiger partial charge is 0.171 e. The molecule has 2 rings (SSSR count). The Labute approximate surface area is 125 Å². The van der Waals surface area contributed by atoms with E-state index in [1.54, 1.807) is 36.4 Å². The van der Waals surface area contributed by atoms with E-state index in [2.05, 4.69) is 15.9 Å². The van der Waals surface area contributed by atoms with Crippen molar-refractivity contribution in [3.63, 3.8) is 0 Å². The van der Waals surface area contributed by atoms with Gasteiger partial charge in [-0.15, -0.1) is 0 Å². The number of rotatable bonds is 5. The van der Waals surface area contributed by atoms with Crippen LogP contribution in [0.4, 0.5) is 4.39 Å². The average molecular weight is 341 g/mol. The van der Waals surface area contributed by atoms with E-state index in [0.29, 0.717) is 16.9 Å². The first kappa shape index (κ1) is 14.8. The van der Waals surface area contributed by atoms with Crippen LogP contribution in [0.3, 0.4) is 0 Å². The third kappa shape index (κ3) is 3.29. The number of hydrogen-bond acceptors (Lipinski definition) is 3. The molecule has 2 aromatic carbocycles. The maximum Gasteiger partial charge on any atom is 0.171 e. The van der Waals surface area contributed by atoms with Crippen LogP contribution >= 0.6 is 15.9 Å². The lowest BCUT2D eigenvalue weighted by molar-refractivity contribution is 0.276. The summed E-state index contributed by atoms with van der Waals surface area (Å²) in [5, 5.41) is 9.18. The van der Waals surface area contributed by atoms with E-state index in [1.807, 2.05) is 0 Å². The molecule has 0 atom stereocenters. The lowest BCUT2D eigenvalue weighted by Crippen LogP contribution is -2.01. The van der Waals surface area contributed by atoms with E-state index >= 15 is 0 Å². The highest BCUT2D eigenvalue weighted by Crippen LogP contribution is 2.25. The number of hydrogen-bond donors (Lipinski definition) is 1. The van der Waals surface area contributed by atoms with Crippen LogP contribution in [-0.4, -0.2) is 12.2 Å². The molecule has 106 valence electrons. The van der Waals surface area contributed by atoms with Crippen LogP contribution in [-0.2, 0) is 13.2 Å². The lowest BCUT2D eigenvalue weighted by Gasteiger charge is -2.10. The van der Waals surface area contributed by atoms with Gasteiger partial charge in [0.2, 0.25) is 0 Å². The average Bonchev–Trinajstić information content (AvgIpc) is 2.47. The lowest BCUT2D eigenvalue weighted by atomic mass is 10.2. The van der Waals surface area contributed by atoms with Crippen molar-refractivity contribution in [3.05, 3.63) is 57.8 Å². The standard InChI is InChI=1S/C15H14BrFO3/c1-19-14-4-2-3-10(15(14)17)9-20-12-5-6-13(16)11(7-12)8-18/h2-7,18H,8-9H2,1H3. The van der Waals surface area contributed by atoms with Gasteiger partial charge in [0, 0.05) is 10.0 Å². The molecule has 0 saturated heterocycles. The quantitative estimate of drug-likeness (QED) is 0.902. The molecule has 0 radical (unpaired) electrons. The third-order valence-electron chi connectivity index (χ3n) is 2.85. The first-order chi connectivity index (χ1) is 9.65. The van der Waals surface area contributed by atoms with E-state index in [4.69, 9.17) is 9.47 Å². The van der Waals surface area contributed by atoms with E-state index in [1.165, 1.54) is 7.11 Å². The molecule has 0 bridgehead atoms. The molecule has 0 amide bonds. The molecule has 0 saturated carbocycles. The zero-order valence-corrected chi connectivity index (χ0v) is 12.5. The summed E-state index contributed by atoms with van der Waals surface area (Å²) in [6.07, 6.45) is 0. The molecular weight excluding hydrogens is 327 g/mol. The van der Waals surface area contributed by atoms with E-state index in [-0.39, 0.29) is 19.0 Å². The van der Waals surface area contributed by atoms with Crippen LogP contribution in [0.25, 0.3) is 0 Å². The van der Waals surface area contributed by atoms with Crippen LogP contribution in [0.2, 0.25) is 0 Å². The van der Waals surface area contributed by atoms with Crippen molar-refractivity contribution in [1.82, 2.24) is 0 Å². The Balaban J connectivity index is 2.13. The van der Waals surface area contributed by atoms with Gasteiger partial charge in [0.1, 0.15) is 12.4 Å². The molecule has 20 heavy (non-hydrogen) atoms. The van der Waals surface area contributed by atoms with Gasteiger partial charge in [0.15, 0.2) is 11.6 Å². The molecule has 0 unspecified atom stereocenters. The fourth-order valence-electron chi connectivity index (χ4n) is 1.75. The molecule has 0 spiro atoms. The van der Waals surface area contributed by atoms with E-state index < -0.39 is 5.82 Å². The highest BCUT2D eigenvalue weighted by atomic mass is 79.9. The Kier molecular flexibility index (Phi) is 4.98. The van der Waals surface area contributed by atoms with Gasteiger partial charge in [-0.2, -0.15) is 0 Å². The number of aliphatic hydroxyl groups is 1. The van der Waals surface area contributed by atoms with Gasteiger partial charge in [-0.05, 0) is 29.8 Å². The van der Waals surface area contributed by atoms with Crippen LogP contribution in [0.5, 0.6) is 11.5 Å². The summed E-state index contributed by atoms with van der Waals surface area (Å²) in [5.74, 6) is 0.340. The Bertz CT molecular complexity index is 602. The molecule has 0 fully saturated rings. The van der Waals surface area contributed by atoms with Crippen LogP contribution < -0.4 is 9.47 Å². The summed E-state index contributed by atoms with van der Waals surface area (Å²) in [4.78, 5) is 0. The SMILES string of the molecule is COc1cccc(COc2ccc(Br)c(CO)c2)c1F. The first-order valence-electron chi connectivity index (χ1n) is 5.99. The Morgan fingerprint density at radius 3 is 2.70 bits per heavy atom. The molecule has 0 heterocycles. The number of halogens is 2. The van der Waals surface area contributed by atoms with E-state index in [0.717, 1.165) is 4.47 Å². The van der Waals surface area contributed by atoms with Gasteiger partial charge in [-0.3, -0.25) is 0 Å². The largest absolute Gasteiger partial charge is 0.494 e. The van der Waals surface area contributed by atoms with Gasteiger partial charge in [0.05, 0.1) is 13.7 Å². The minimum atomic E-state index is -0.422. The Morgan fingerprint density at radius 2 is 2.00 bits per heavy atom. The van der Waals surface area contributed by atoms with Crippen molar-refractivity contribution < 1.29 is 19.0 Å². The van der Waals surface area contributed by atoms with Crippen LogP contribution in [0.15, 0.2) is 40.9 Å². The van der Waals surface area contributed by atoms with Crippen molar-refractivity contribution in [2.75, 3.05) is 7.11 Å². The topological polar surface area (TPSA) is 38.7 Å². The van der Waals surface area contributed by atoms with Gasteiger partial charge in [-0.1, -0.05) is 28.1 Å². The van der Waals surface area contributed by atoms with Crippen molar-refractivity contribution in [2.24, 2.45) is 0 Å². The molecule has 0 aliphatic carbocycles. The summed E-state index contributed by atoms with van der Waals surface area (Å²) in [7, 11) is 1.42. The molecule has 0 aromatic heterocycles. The summed E-state index contributed by atoms with van der Waals surface area (Å²) in [5.41, 5.74) is 1.13. The highest BCUT2D eigenvalue weighted by Gasteiger charge is 2.09. The number of benzene rings is 2. The molecule has 5 heteroatoms. The zero-order valence-electron chi connectivity index (χ0n) is 10.9. The minimum absolute atomic E-state index is 0.0920. The molecule has 0 aliphatic rings. The van der Waals surface area contributed by atoms with Crippen molar-refractivity contribution >= 4 is 15.9 Å². The summed E-state index contributed by atoms with van der Waals surface area (Å²) < 4.78 is 25.2. The molecule has 2 aromatic rings. The Hall–Kier alpha value is -1.59. The van der Waals surface area contributed by atoms with Gasteiger partial charge < -0.3 is 14.6 Å². The van der Waals surface area contributed by atoms with E-state index in [9.17, 15) is 9.50 Å². The van der Waals surface area contributed by atoms with Gasteiger partial charge in [-0.25, -0.2) is 4.39 Å². The predicted molar refractivity (Wildman–Crippen MR) is 77.3 cm³/mol. The second-order valence-corrected chi connectivity index (χ2v) is 4.99. The monoisotopic (exact) mass is 340 g/mol. The number of methoxy groups -OCH3 is 1. The van der Waals surface area contributed by atoms with Crippen LogP contribution in [0, 0.1) is 5.82 Å². The summed E-state index contributed by atoms with van der Waals surface area (Å²) in [6.45, 7) is 0.000832. The second-order valence-electron chi connectivity index (χ2n) is 4.13.